The molecule has 4 N–H and O–H groups in total. The number of benzene rings is 2. The van der Waals surface area contributed by atoms with Gasteiger partial charge in [0.15, 0.2) is 0 Å². The first kappa shape index (κ1) is 23.8. The highest BCUT2D eigenvalue weighted by atomic mass is 16.6. The Bertz CT molecular complexity index is 607. The zero-order chi connectivity index (χ0) is 21.3. The summed E-state index contributed by atoms with van der Waals surface area (Å²) in [6.45, 7) is 5.08. The molecule has 0 amide bonds. The van der Waals surface area contributed by atoms with E-state index in [0.29, 0.717) is 77.4 Å². The minimum Gasteiger partial charge on any atom is -0.491 e. The van der Waals surface area contributed by atoms with Crippen LogP contribution in [0.3, 0.4) is 0 Å². The van der Waals surface area contributed by atoms with Gasteiger partial charge in [0.2, 0.25) is 0 Å². The van der Waals surface area contributed by atoms with Crippen molar-refractivity contribution in [2.45, 2.75) is 0 Å². The molecule has 0 aliphatic rings. The molecular formula is C22H32N2O6. The van der Waals surface area contributed by atoms with Gasteiger partial charge in [0.25, 0.3) is 0 Å². The summed E-state index contributed by atoms with van der Waals surface area (Å²) in [7, 11) is 0. The lowest BCUT2D eigenvalue weighted by Gasteiger charge is -2.09. The Morgan fingerprint density at radius 1 is 0.400 bits per heavy atom. The second kappa shape index (κ2) is 15.3. The number of ether oxygens (including phenoxy) is 6. The highest BCUT2D eigenvalue weighted by Gasteiger charge is 1.96. The van der Waals surface area contributed by atoms with Crippen LogP contribution in [-0.4, -0.2) is 66.1 Å². The minimum absolute atomic E-state index is 0.484. The molecule has 8 heteroatoms. The Hall–Kier alpha value is -2.52. The second-order valence-corrected chi connectivity index (χ2v) is 6.28. The number of hydrogen-bond donors (Lipinski definition) is 2. The Balaban J connectivity index is 1.27. The largest absolute Gasteiger partial charge is 0.491 e. The fourth-order valence-electron chi connectivity index (χ4n) is 2.33. The van der Waals surface area contributed by atoms with Crippen LogP contribution in [-0.2, 0) is 18.9 Å². The number of nitrogens with two attached hydrogens (primary N) is 2. The lowest BCUT2D eigenvalue weighted by molar-refractivity contribution is -0.00698. The Labute approximate surface area is 177 Å². The molecule has 0 atom stereocenters. The molecule has 0 saturated carbocycles. The van der Waals surface area contributed by atoms with Crippen LogP contribution in [0.4, 0.5) is 11.4 Å². The van der Waals surface area contributed by atoms with E-state index in [1.807, 2.05) is 24.3 Å². The summed E-state index contributed by atoms with van der Waals surface area (Å²) in [4.78, 5) is 0. The predicted octanol–water partition coefficient (Wildman–Crippen LogP) is 2.38. The maximum Gasteiger partial charge on any atom is 0.119 e. The molecule has 2 aromatic carbocycles. The molecule has 30 heavy (non-hydrogen) atoms. The molecule has 0 unspecified atom stereocenters. The molecule has 0 fully saturated rings. The first-order chi connectivity index (χ1) is 14.7. The monoisotopic (exact) mass is 420 g/mol. The summed E-state index contributed by atoms with van der Waals surface area (Å²) in [5.74, 6) is 1.55. The minimum atomic E-state index is 0.484. The van der Waals surface area contributed by atoms with Crippen molar-refractivity contribution >= 4 is 11.4 Å². The molecule has 0 spiro atoms. The maximum absolute atomic E-state index is 5.62. The van der Waals surface area contributed by atoms with E-state index in [-0.39, 0.29) is 0 Å². The molecule has 166 valence electrons. The van der Waals surface area contributed by atoms with Gasteiger partial charge in [0.1, 0.15) is 24.7 Å². The topological polar surface area (TPSA) is 107 Å². The first-order valence-corrected chi connectivity index (χ1v) is 10.0. The zero-order valence-electron chi connectivity index (χ0n) is 17.3. The van der Waals surface area contributed by atoms with Crippen molar-refractivity contribution in [2.75, 3.05) is 77.5 Å². The van der Waals surface area contributed by atoms with Gasteiger partial charge in [0, 0.05) is 11.4 Å². The third kappa shape index (κ3) is 11.5. The zero-order valence-corrected chi connectivity index (χ0v) is 17.3. The van der Waals surface area contributed by atoms with E-state index in [1.54, 1.807) is 24.3 Å². The van der Waals surface area contributed by atoms with Crippen LogP contribution in [0.15, 0.2) is 48.5 Å². The van der Waals surface area contributed by atoms with Crippen LogP contribution in [0.25, 0.3) is 0 Å². The number of anilines is 2. The number of rotatable bonds is 17. The molecule has 0 saturated heterocycles. The van der Waals surface area contributed by atoms with Gasteiger partial charge in [-0.25, -0.2) is 0 Å². The van der Waals surface area contributed by atoms with Crippen molar-refractivity contribution in [1.82, 2.24) is 0 Å². The number of hydrogen-bond acceptors (Lipinski definition) is 8. The van der Waals surface area contributed by atoms with Crippen molar-refractivity contribution in [2.24, 2.45) is 0 Å². The molecule has 0 aliphatic heterocycles. The van der Waals surface area contributed by atoms with Gasteiger partial charge >= 0.3 is 0 Å². The quantitative estimate of drug-likeness (QED) is 0.297. The lowest BCUT2D eigenvalue weighted by Crippen LogP contribution is -2.14. The van der Waals surface area contributed by atoms with Crippen LogP contribution in [0, 0.1) is 0 Å². The first-order valence-electron chi connectivity index (χ1n) is 10.0. The highest BCUT2D eigenvalue weighted by molar-refractivity contribution is 5.42. The Morgan fingerprint density at radius 3 is 0.967 bits per heavy atom. The van der Waals surface area contributed by atoms with E-state index < -0.39 is 0 Å². The van der Waals surface area contributed by atoms with E-state index in [9.17, 15) is 0 Å². The molecule has 0 heterocycles. The molecular weight excluding hydrogens is 388 g/mol. The van der Waals surface area contributed by atoms with Gasteiger partial charge in [-0.2, -0.15) is 0 Å². The smallest absolute Gasteiger partial charge is 0.119 e. The summed E-state index contributed by atoms with van der Waals surface area (Å²) in [6.07, 6.45) is 0. The SMILES string of the molecule is Nc1ccc(OCCOCCOCCOCCOCCOc2ccc(N)cc2)cc1. The second-order valence-electron chi connectivity index (χ2n) is 6.28. The van der Waals surface area contributed by atoms with Crippen molar-refractivity contribution in [3.05, 3.63) is 48.5 Å². The molecule has 0 bridgehead atoms. The van der Waals surface area contributed by atoms with Crippen molar-refractivity contribution < 1.29 is 28.4 Å². The average molecular weight is 421 g/mol. The van der Waals surface area contributed by atoms with E-state index >= 15 is 0 Å². The predicted molar refractivity (Wildman–Crippen MR) is 116 cm³/mol. The Kier molecular flexibility index (Phi) is 12.1. The fourth-order valence-corrected chi connectivity index (χ4v) is 2.33. The molecule has 2 aromatic rings. The van der Waals surface area contributed by atoms with Gasteiger partial charge in [-0.3, -0.25) is 0 Å². The van der Waals surface area contributed by atoms with Crippen molar-refractivity contribution in [1.29, 1.82) is 0 Å². The molecule has 2 rings (SSSR count). The summed E-state index contributed by atoms with van der Waals surface area (Å²) in [6, 6.07) is 14.5. The van der Waals surface area contributed by atoms with E-state index in [2.05, 4.69) is 0 Å². The Morgan fingerprint density at radius 2 is 0.667 bits per heavy atom. The molecule has 0 radical (unpaired) electrons. The van der Waals surface area contributed by atoms with Gasteiger partial charge in [-0.05, 0) is 48.5 Å². The third-order valence-electron chi connectivity index (χ3n) is 3.87. The van der Waals surface area contributed by atoms with Crippen LogP contribution in [0.5, 0.6) is 11.5 Å². The van der Waals surface area contributed by atoms with Crippen LogP contribution in [0.1, 0.15) is 0 Å². The van der Waals surface area contributed by atoms with Crippen molar-refractivity contribution in [3.63, 3.8) is 0 Å². The standard InChI is InChI=1S/C22H32N2O6/c23-19-1-5-21(6-2-19)29-17-15-27-13-11-25-9-10-26-12-14-28-16-18-30-22-7-3-20(24)4-8-22/h1-8H,9-18,23-24H2. The summed E-state index contributed by atoms with van der Waals surface area (Å²) in [5, 5.41) is 0. The average Bonchev–Trinajstić information content (AvgIpc) is 2.76. The lowest BCUT2D eigenvalue weighted by atomic mass is 10.3. The van der Waals surface area contributed by atoms with E-state index in [1.165, 1.54) is 0 Å². The van der Waals surface area contributed by atoms with Crippen molar-refractivity contribution in [3.8, 4) is 11.5 Å². The van der Waals surface area contributed by atoms with E-state index in [4.69, 9.17) is 39.9 Å². The summed E-state index contributed by atoms with van der Waals surface area (Å²) < 4.78 is 32.8. The molecule has 0 aromatic heterocycles. The normalized spacial score (nSPS) is 10.8. The van der Waals surface area contributed by atoms with Crippen LogP contribution < -0.4 is 20.9 Å². The van der Waals surface area contributed by atoms with E-state index in [0.717, 1.165) is 11.5 Å². The highest BCUT2D eigenvalue weighted by Crippen LogP contribution is 2.13. The molecule has 8 nitrogen and oxygen atoms in total. The van der Waals surface area contributed by atoms with Gasteiger partial charge in [0.05, 0.1) is 52.9 Å². The number of nitrogen functional groups attached to an aromatic ring is 2. The van der Waals surface area contributed by atoms with Gasteiger partial charge < -0.3 is 39.9 Å². The van der Waals surface area contributed by atoms with Crippen LogP contribution in [0.2, 0.25) is 0 Å². The third-order valence-corrected chi connectivity index (χ3v) is 3.87. The maximum atomic E-state index is 5.62. The van der Waals surface area contributed by atoms with Gasteiger partial charge in [-0.1, -0.05) is 0 Å². The van der Waals surface area contributed by atoms with Gasteiger partial charge in [-0.15, -0.1) is 0 Å². The summed E-state index contributed by atoms with van der Waals surface area (Å²) >= 11 is 0. The van der Waals surface area contributed by atoms with Crippen LogP contribution >= 0.6 is 0 Å². The molecule has 0 aliphatic carbocycles. The summed E-state index contributed by atoms with van der Waals surface area (Å²) in [5.41, 5.74) is 12.7. The fraction of sp³-hybridized carbons (Fsp3) is 0.455.